The zero-order valence-corrected chi connectivity index (χ0v) is 12.6. The summed E-state index contributed by atoms with van der Waals surface area (Å²) >= 11 is 0. The summed E-state index contributed by atoms with van der Waals surface area (Å²) in [6.45, 7) is 9.46. The molecule has 0 aromatic heterocycles. The van der Waals surface area contributed by atoms with E-state index in [9.17, 15) is 0 Å². The Morgan fingerprint density at radius 2 is 1.80 bits per heavy atom. The van der Waals surface area contributed by atoms with Crippen molar-refractivity contribution in [1.82, 2.24) is 15.1 Å². The van der Waals surface area contributed by atoms with Gasteiger partial charge in [-0.15, -0.1) is 0 Å². The summed E-state index contributed by atoms with van der Waals surface area (Å²) in [6, 6.07) is 12.3. The first kappa shape index (κ1) is 14.1. The molecule has 2 fully saturated rings. The van der Waals surface area contributed by atoms with Gasteiger partial charge in [0.25, 0.3) is 0 Å². The highest BCUT2D eigenvalue weighted by atomic mass is 15.3. The van der Waals surface area contributed by atoms with Crippen LogP contribution in [0.4, 0.5) is 0 Å². The molecule has 0 bridgehead atoms. The molecule has 2 saturated heterocycles. The second-order valence-electron chi connectivity index (χ2n) is 6.34. The topological polar surface area (TPSA) is 18.5 Å². The Hall–Kier alpha value is -0.900. The monoisotopic (exact) mass is 273 g/mol. The summed E-state index contributed by atoms with van der Waals surface area (Å²) in [5.74, 6) is 0. The quantitative estimate of drug-likeness (QED) is 0.908. The Labute approximate surface area is 123 Å². The van der Waals surface area contributed by atoms with Crippen LogP contribution in [0.5, 0.6) is 0 Å². The minimum Gasteiger partial charge on any atom is -0.313 e. The van der Waals surface area contributed by atoms with Gasteiger partial charge in [-0.1, -0.05) is 30.3 Å². The van der Waals surface area contributed by atoms with Crippen molar-refractivity contribution in [2.24, 2.45) is 0 Å². The van der Waals surface area contributed by atoms with Crippen LogP contribution in [0.15, 0.2) is 30.3 Å². The van der Waals surface area contributed by atoms with E-state index in [4.69, 9.17) is 0 Å². The number of hydrogen-bond donors (Lipinski definition) is 1. The van der Waals surface area contributed by atoms with E-state index in [1.165, 1.54) is 51.1 Å². The van der Waals surface area contributed by atoms with E-state index in [0.29, 0.717) is 6.04 Å². The van der Waals surface area contributed by atoms with Crippen LogP contribution in [0.1, 0.15) is 25.3 Å². The Balaban J connectivity index is 1.45. The largest absolute Gasteiger partial charge is 0.313 e. The van der Waals surface area contributed by atoms with Crippen molar-refractivity contribution in [3.05, 3.63) is 35.9 Å². The molecule has 0 spiro atoms. The minimum atomic E-state index is 0.714. The standard InChI is InChI=1S/C17H27N3/c1-15-7-8-17(13-18-15)20-11-9-19(10-12-20)14-16-5-3-2-4-6-16/h2-6,15,17-18H,7-14H2,1H3. The van der Waals surface area contributed by atoms with Crippen LogP contribution in [0.25, 0.3) is 0 Å². The third-order valence-electron chi connectivity index (χ3n) is 4.81. The maximum atomic E-state index is 3.63. The van der Waals surface area contributed by atoms with Crippen LogP contribution in [-0.2, 0) is 6.54 Å². The molecule has 2 atom stereocenters. The SMILES string of the molecule is CC1CCC(N2CCN(Cc3ccccc3)CC2)CN1. The summed E-state index contributed by atoms with van der Waals surface area (Å²) in [7, 11) is 0. The van der Waals surface area contributed by atoms with Gasteiger partial charge >= 0.3 is 0 Å². The predicted molar refractivity (Wildman–Crippen MR) is 83.8 cm³/mol. The van der Waals surface area contributed by atoms with Gasteiger partial charge in [-0.2, -0.15) is 0 Å². The number of piperidine rings is 1. The highest BCUT2D eigenvalue weighted by Gasteiger charge is 2.26. The van der Waals surface area contributed by atoms with Crippen LogP contribution in [-0.4, -0.2) is 54.6 Å². The molecule has 0 aliphatic carbocycles. The van der Waals surface area contributed by atoms with Crippen LogP contribution in [0.3, 0.4) is 0 Å². The fraction of sp³-hybridized carbons (Fsp3) is 0.647. The molecule has 0 amide bonds. The molecule has 2 aliphatic rings. The molecular formula is C17H27N3. The van der Waals surface area contributed by atoms with Crippen molar-refractivity contribution in [3.8, 4) is 0 Å². The zero-order valence-electron chi connectivity index (χ0n) is 12.6. The van der Waals surface area contributed by atoms with Crippen molar-refractivity contribution in [1.29, 1.82) is 0 Å². The summed E-state index contributed by atoms with van der Waals surface area (Å²) < 4.78 is 0. The third-order valence-corrected chi connectivity index (χ3v) is 4.81. The number of piperazine rings is 1. The van der Waals surface area contributed by atoms with Gasteiger partial charge in [0.05, 0.1) is 0 Å². The van der Waals surface area contributed by atoms with Crippen molar-refractivity contribution < 1.29 is 0 Å². The molecular weight excluding hydrogens is 246 g/mol. The number of nitrogens with zero attached hydrogens (tertiary/aromatic N) is 2. The summed E-state index contributed by atoms with van der Waals surface area (Å²) in [5, 5.41) is 3.63. The summed E-state index contributed by atoms with van der Waals surface area (Å²) in [5.41, 5.74) is 1.44. The average molecular weight is 273 g/mol. The van der Waals surface area contributed by atoms with Crippen molar-refractivity contribution in [3.63, 3.8) is 0 Å². The van der Waals surface area contributed by atoms with E-state index in [0.717, 1.165) is 12.6 Å². The van der Waals surface area contributed by atoms with E-state index in [-0.39, 0.29) is 0 Å². The van der Waals surface area contributed by atoms with Gasteiger partial charge < -0.3 is 5.32 Å². The molecule has 3 nitrogen and oxygen atoms in total. The minimum absolute atomic E-state index is 0.714. The van der Waals surface area contributed by atoms with Gasteiger partial charge in [0.15, 0.2) is 0 Å². The molecule has 110 valence electrons. The van der Waals surface area contributed by atoms with E-state index in [2.05, 4.69) is 52.4 Å². The fourth-order valence-electron chi connectivity index (χ4n) is 3.42. The number of nitrogens with one attached hydrogen (secondary N) is 1. The lowest BCUT2D eigenvalue weighted by atomic mass is 10.00. The normalized spacial score (nSPS) is 29.4. The van der Waals surface area contributed by atoms with Gasteiger partial charge in [-0.25, -0.2) is 0 Å². The van der Waals surface area contributed by atoms with Gasteiger partial charge in [0.1, 0.15) is 0 Å². The molecule has 2 heterocycles. The van der Waals surface area contributed by atoms with Crippen LogP contribution >= 0.6 is 0 Å². The lowest BCUT2D eigenvalue weighted by Crippen LogP contribution is -2.55. The first-order valence-corrected chi connectivity index (χ1v) is 8.05. The Morgan fingerprint density at radius 1 is 1.05 bits per heavy atom. The highest BCUT2D eigenvalue weighted by molar-refractivity contribution is 5.14. The maximum Gasteiger partial charge on any atom is 0.0234 e. The first-order chi connectivity index (χ1) is 9.81. The van der Waals surface area contributed by atoms with E-state index in [1.807, 2.05) is 0 Å². The lowest BCUT2D eigenvalue weighted by Gasteiger charge is -2.42. The molecule has 2 unspecified atom stereocenters. The van der Waals surface area contributed by atoms with E-state index >= 15 is 0 Å². The van der Waals surface area contributed by atoms with Gasteiger partial charge in [0.2, 0.25) is 0 Å². The fourth-order valence-corrected chi connectivity index (χ4v) is 3.42. The molecule has 0 radical (unpaired) electrons. The Bertz CT molecular complexity index is 390. The van der Waals surface area contributed by atoms with Crippen LogP contribution < -0.4 is 5.32 Å². The van der Waals surface area contributed by atoms with Gasteiger partial charge in [-0.3, -0.25) is 9.80 Å². The molecule has 3 heteroatoms. The molecule has 20 heavy (non-hydrogen) atoms. The number of hydrogen-bond acceptors (Lipinski definition) is 3. The maximum absolute atomic E-state index is 3.63. The third kappa shape index (κ3) is 3.60. The van der Waals surface area contributed by atoms with E-state index < -0.39 is 0 Å². The summed E-state index contributed by atoms with van der Waals surface area (Å²) in [4.78, 5) is 5.28. The second kappa shape index (κ2) is 6.70. The summed E-state index contributed by atoms with van der Waals surface area (Å²) in [6.07, 6.45) is 2.70. The molecule has 3 rings (SSSR count). The Morgan fingerprint density at radius 3 is 2.45 bits per heavy atom. The molecule has 1 N–H and O–H groups in total. The average Bonchev–Trinajstić information content (AvgIpc) is 2.50. The van der Waals surface area contributed by atoms with Crippen molar-refractivity contribution >= 4 is 0 Å². The van der Waals surface area contributed by atoms with Crippen LogP contribution in [0, 0.1) is 0 Å². The van der Waals surface area contributed by atoms with E-state index in [1.54, 1.807) is 0 Å². The molecule has 1 aromatic carbocycles. The lowest BCUT2D eigenvalue weighted by molar-refractivity contribution is 0.0762. The smallest absolute Gasteiger partial charge is 0.0234 e. The predicted octanol–water partition coefficient (Wildman–Crippen LogP) is 1.94. The van der Waals surface area contributed by atoms with Gasteiger partial charge in [-0.05, 0) is 25.3 Å². The molecule has 2 aliphatic heterocycles. The Kier molecular flexibility index (Phi) is 4.71. The van der Waals surface area contributed by atoms with Crippen molar-refractivity contribution in [2.45, 2.75) is 38.4 Å². The molecule has 1 aromatic rings. The number of rotatable bonds is 3. The highest BCUT2D eigenvalue weighted by Crippen LogP contribution is 2.16. The van der Waals surface area contributed by atoms with Crippen LogP contribution in [0.2, 0.25) is 0 Å². The first-order valence-electron chi connectivity index (χ1n) is 8.05. The zero-order chi connectivity index (χ0) is 13.8. The number of benzene rings is 1. The van der Waals surface area contributed by atoms with Crippen molar-refractivity contribution in [2.75, 3.05) is 32.7 Å². The second-order valence-corrected chi connectivity index (χ2v) is 6.34. The van der Waals surface area contributed by atoms with Gasteiger partial charge in [0, 0.05) is 51.4 Å². The molecule has 0 saturated carbocycles.